The highest BCUT2D eigenvalue weighted by molar-refractivity contribution is 7.89. The molecule has 1 aliphatic heterocycles. The van der Waals surface area contributed by atoms with Gasteiger partial charge in [-0.05, 0) is 43.9 Å². The van der Waals surface area contributed by atoms with Crippen LogP contribution < -0.4 is 10.0 Å². The summed E-state index contributed by atoms with van der Waals surface area (Å²) >= 11 is 0. The molecule has 0 bridgehead atoms. The van der Waals surface area contributed by atoms with Crippen molar-refractivity contribution in [1.82, 2.24) is 4.72 Å². The second-order valence-corrected chi connectivity index (χ2v) is 8.35. The van der Waals surface area contributed by atoms with E-state index in [1.165, 1.54) is 18.2 Å². The van der Waals surface area contributed by atoms with Crippen molar-refractivity contribution in [1.29, 1.82) is 0 Å². The molecule has 138 valence electrons. The molecule has 1 aromatic rings. The van der Waals surface area contributed by atoms with Gasteiger partial charge in [0, 0.05) is 24.9 Å². The number of sulfonamides is 1. The summed E-state index contributed by atoms with van der Waals surface area (Å²) in [6.07, 6.45) is 5.68. The maximum absolute atomic E-state index is 12.5. The third kappa shape index (κ3) is 4.50. The van der Waals surface area contributed by atoms with E-state index in [1.54, 1.807) is 0 Å². The zero-order valence-corrected chi connectivity index (χ0v) is 14.8. The number of carbonyl (C=O) groups is 1. The van der Waals surface area contributed by atoms with Crippen LogP contribution in [-0.2, 0) is 14.8 Å². The lowest BCUT2D eigenvalue weighted by Crippen LogP contribution is -2.32. The van der Waals surface area contributed by atoms with Crippen molar-refractivity contribution in [2.75, 3.05) is 18.5 Å². The summed E-state index contributed by atoms with van der Waals surface area (Å²) in [5.41, 5.74) is 0.357. The molecule has 1 atom stereocenters. The molecule has 1 saturated carbocycles. The van der Waals surface area contributed by atoms with Crippen molar-refractivity contribution < 1.29 is 23.1 Å². The fraction of sp³-hybridized carbons (Fsp3) is 0.588. The van der Waals surface area contributed by atoms with Crippen molar-refractivity contribution in [3.8, 4) is 0 Å². The predicted molar refractivity (Wildman–Crippen MR) is 93.4 cm³/mol. The minimum Gasteiger partial charge on any atom is -0.478 e. The van der Waals surface area contributed by atoms with Gasteiger partial charge in [0.05, 0.1) is 16.6 Å². The van der Waals surface area contributed by atoms with Gasteiger partial charge in [-0.1, -0.05) is 12.8 Å². The van der Waals surface area contributed by atoms with Gasteiger partial charge in [0.15, 0.2) is 0 Å². The summed E-state index contributed by atoms with van der Waals surface area (Å²) in [6, 6.07) is 4.12. The molecule has 2 fully saturated rings. The standard InChI is InChI=1S/C17H24N2O5S/c20-17(21)15-10-14(25(22,23)19-12-4-1-2-5-12)7-8-16(15)18-11-13-6-3-9-24-13/h7-8,10,12-13,18-19H,1-6,9,11H2,(H,20,21)/t13-/m0/s1. The summed E-state index contributed by atoms with van der Waals surface area (Å²) in [7, 11) is -3.71. The second-order valence-electron chi connectivity index (χ2n) is 6.63. The molecule has 3 N–H and O–H groups in total. The normalized spacial score (nSPS) is 21.5. The molecule has 0 unspecified atom stereocenters. The molecule has 3 rings (SSSR count). The first-order valence-corrected chi connectivity index (χ1v) is 10.2. The van der Waals surface area contributed by atoms with E-state index < -0.39 is 16.0 Å². The molecule has 25 heavy (non-hydrogen) atoms. The van der Waals surface area contributed by atoms with E-state index in [9.17, 15) is 18.3 Å². The molecule has 1 saturated heterocycles. The van der Waals surface area contributed by atoms with Gasteiger partial charge in [-0.15, -0.1) is 0 Å². The minimum absolute atomic E-state index is 0.0144. The van der Waals surface area contributed by atoms with Gasteiger partial charge in [-0.2, -0.15) is 0 Å². The number of rotatable bonds is 7. The Morgan fingerprint density at radius 3 is 2.60 bits per heavy atom. The Morgan fingerprint density at radius 2 is 1.96 bits per heavy atom. The Balaban J connectivity index is 1.76. The van der Waals surface area contributed by atoms with Crippen molar-refractivity contribution in [2.45, 2.75) is 55.6 Å². The molecule has 8 heteroatoms. The first-order valence-electron chi connectivity index (χ1n) is 8.71. The fourth-order valence-corrected chi connectivity index (χ4v) is 4.71. The Kier molecular flexibility index (Phi) is 5.61. The van der Waals surface area contributed by atoms with E-state index in [2.05, 4.69) is 10.0 Å². The van der Waals surface area contributed by atoms with Gasteiger partial charge in [0.25, 0.3) is 0 Å². The summed E-state index contributed by atoms with van der Waals surface area (Å²) in [5, 5.41) is 12.5. The quantitative estimate of drug-likeness (QED) is 0.681. The van der Waals surface area contributed by atoms with Crippen LogP contribution >= 0.6 is 0 Å². The molecule has 0 amide bonds. The third-order valence-electron chi connectivity index (χ3n) is 4.75. The Morgan fingerprint density at radius 1 is 1.20 bits per heavy atom. The first kappa shape index (κ1) is 18.2. The molecule has 7 nitrogen and oxygen atoms in total. The lowest BCUT2D eigenvalue weighted by Gasteiger charge is -2.16. The number of benzene rings is 1. The van der Waals surface area contributed by atoms with Crippen LogP contribution in [0.5, 0.6) is 0 Å². The van der Waals surface area contributed by atoms with Crippen LogP contribution in [0.15, 0.2) is 23.1 Å². The highest BCUT2D eigenvalue weighted by atomic mass is 32.2. The number of nitrogens with one attached hydrogen (secondary N) is 2. The summed E-state index contributed by atoms with van der Waals surface area (Å²) in [4.78, 5) is 11.5. The largest absolute Gasteiger partial charge is 0.478 e. The van der Waals surface area contributed by atoms with Crippen LogP contribution in [0.3, 0.4) is 0 Å². The molecule has 1 heterocycles. The van der Waals surface area contributed by atoms with Gasteiger partial charge >= 0.3 is 5.97 Å². The molecule has 2 aliphatic rings. The maximum atomic E-state index is 12.5. The van der Waals surface area contributed by atoms with E-state index in [1.807, 2.05) is 0 Å². The average Bonchev–Trinajstić information content (AvgIpc) is 3.25. The lowest BCUT2D eigenvalue weighted by atomic mass is 10.1. The number of carboxylic acid groups (broad SMARTS) is 1. The van der Waals surface area contributed by atoms with Crippen LogP contribution in [0, 0.1) is 0 Å². The van der Waals surface area contributed by atoms with Crippen LogP contribution in [-0.4, -0.2) is 44.8 Å². The monoisotopic (exact) mass is 368 g/mol. The smallest absolute Gasteiger partial charge is 0.337 e. The van der Waals surface area contributed by atoms with Crippen molar-refractivity contribution in [3.05, 3.63) is 23.8 Å². The number of hydrogen-bond acceptors (Lipinski definition) is 5. The van der Waals surface area contributed by atoms with Crippen molar-refractivity contribution in [2.24, 2.45) is 0 Å². The van der Waals surface area contributed by atoms with E-state index in [0.717, 1.165) is 45.1 Å². The minimum atomic E-state index is -3.71. The number of anilines is 1. The molecule has 1 aliphatic carbocycles. The molecule has 0 radical (unpaired) electrons. The highest BCUT2D eigenvalue weighted by Crippen LogP contribution is 2.24. The maximum Gasteiger partial charge on any atom is 0.337 e. The zero-order chi connectivity index (χ0) is 17.9. The van der Waals surface area contributed by atoms with Crippen LogP contribution in [0.2, 0.25) is 0 Å². The van der Waals surface area contributed by atoms with Gasteiger partial charge in [-0.25, -0.2) is 17.9 Å². The number of carboxylic acids is 1. The van der Waals surface area contributed by atoms with Gasteiger partial charge in [0.1, 0.15) is 0 Å². The Hall–Kier alpha value is -1.64. The summed E-state index contributed by atoms with van der Waals surface area (Å²) < 4.78 is 33.2. The third-order valence-corrected chi connectivity index (χ3v) is 6.27. The average molecular weight is 368 g/mol. The topological polar surface area (TPSA) is 105 Å². The summed E-state index contributed by atoms with van der Waals surface area (Å²) in [6.45, 7) is 1.23. The summed E-state index contributed by atoms with van der Waals surface area (Å²) in [5.74, 6) is -1.16. The number of hydrogen-bond donors (Lipinski definition) is 3. The number of ether oxygens (including phenoxy) is 1. The molecular weight excluding hydrogens is 344 g/mol. The lowest BCUT2D eigenvalue weighted by molar-refractivity contribution is 0.0697. The molecule has 0 spiro atoms. The van der Waals surface area contributed by atoms with E-state index in [0.29, 0.717) is 12.2 Å². The van der Waals surface area contributed by atoms with Crippen molar-refractivity contribution in [3.63, 3.8) is 0 Å². The number of aromatic carboxylic acids is 1. The fourth-order valence-electron chi connectivity index (χ4n) is 3.38. The van der Waals surface area contributed by atoms with E-state index >= 15 is 0 Å². The van der Waals surface area contributed by atoms with Gasteiger partial charge in [0.2, 0.25) is 10.0 Å². The van der Waals surface area contributed by atoms with E-state index in [4.69, 9.17) is 4.74 Å². The molecule has 0 aromatic heterocycles. The predicted octanol–water partition coefficient (Wildman–Crippen LogP) is 2.20. The zero-order valence-electron chi connectivity index (χ0n) is 14.0. The van der Waals surface area contributed by atoms with Crippen LogP contribution in [0.25, 0.3) is 0 Å². The Bertz CT molecular complexity index is 723. The second kappa shape index (κ2) is 7.72. The van der Waals surface area contributed by atoms with Crippen LogP contribution in [0.1, 0.15) is 48.9 Å². The van der Waals surface area contributed by atoms with Crippen molar-refractivity contribution >= 4 is 21.7 Å². The highest BCUT2D eigenvalue weighted by Gasteiger charge is 2.25. The Labute approximate surface area is 147 Å². The van der Waals surface area contributed by atoms with Gasteiger partial charge in [-0.3, -0.25) is 0 Å². The molecule has 1 aromatic carbocycles. The SMILES string of the molecule is O=C(O)c1cc(S(=O)(=O)NC2CCCC2)ccc1NC[C@@H]1CCCO1. The molecular formula is C17H24N2O5S. The van der Waals surface area contributed by atoms with Gasteiger partial charge < -0.3 is 15.2 Å². The first-order chi connectivity index (χ1) is 12.0. The van der Waals surface area contributed by atoms with E-state index in [-0.39, 0.29) is 22.6 Å². The van der Waals surface area contributed by atoms with Crippen LogP contribution in [0.4, 0.5) is 5.69 Å².